The monoisotopic (exact) mass is 420 g/mol. The number of anilines is 1. The molecule has 0 spiro atoms. The summed E-state index contributed by atoms with van der Waals surface area (Å²) in [6.45, 7) is 0. The SMILES string of the molecule is O=C(CSc1nc2cc(Cl)ccc2o1)Nc1ccc(Cl)cc1C(F)(F)F. The fraction of sp³-hybridized carbons (Fsp3) is 0.125. The minimum absolute atomic E-state index is 0.0742. The molecule has 2 aromatic carbocycles. The number of aromatic nitrogens is 1. The lowest BCUT2D eigenvalue weighted by atomic mass is 10.1. The van der Waals surface area contributed by atoms with Crippen LogP contribution in [0.3, 0.4) is 0 Å². The van der Waals surface area contributed by atoms with Gasteiger partial charge in [0.25, 0.3) is 5.22 Å². The van der Waals surface area contributed by atoms with Crippen LogP contribution in [0, 0.1) is 0 Å². The van der Waals surface area contributed by atoms with Crippen LogP contribution in [-0.2, 0) is 11.0 Å². The largest absolute Gasteiger partial charge is 0.431 e. The van der Waals surface area contributed by atoms with Crippen molar-refractivity contribution < 1.29 is 22.4 Å². The van der Waals surface area contributed by atoms with Crippen LogP contribution in [0.25, 0.3) is 11.1 Å². The normalized spacial score (nSPS) is 11.7. The molecule has 0 atom stereocenters. The molecule has 10 heteroatoms. The van der Waals surface area contributed by atoms with E-state index < -0.39 is 17.6 Å². The van der Waals surface area contributed by atoms with E-state index in [0.29, 0.717) is 16.1 Å². The molecule has 0 aliphatic heterocycles. The van der Waals surface area contributed by atoms with E-state index in [4.69, 9.17) is 27.6 Å². The second-order valence-electron chi connectivity index (χ2n) is 5.12. The zero-order chi connectivity index (χ0) is 18.9. The smallest absolute Gasteiger partial charge is 0.418 e. The number of nitrogens with one attached hydrogen (secondary N) is 1. The Balaban J connectivity index is 1.69. The number of amides is 1. The summed E-state index contributed by atoms with van der Waals surface area (Å²) in [7, 11) is 0. The predicted molar refractivity (Wildman–Crippen MR) is 94.8 cm³/mol. The lowest BCUT2D eigenvalue weighted by Gasteiger charge is -2.13. The number of hydrogen-bond acceptors (Lipinski definition) is 4. The fourth-order valence-corrected chi connectivity index (χ4v) is 3.09. The number of carbonyl (C=O) groups is 1. The molecule has 1 heterocycles. The summed E-state index contributed by atoms with van der Waals surface area (Å²) in [5.74, 6) is -0.816. The number of halogens is 5. The highest BCUT2D eigenvalue weighted by Crippen LogP contribution is 2.36. The Bertz CT molecular complexity index is 976. The molecule has 0 fully saturated rings. The van der Waals surface area contributed by atoms with Gasteiger partial charge in [-0.15, -0.1) is 0 Å². The van der Waals surface area contributed by atoms with Crippen LogP contribution in [0.1, 0.15) is 5.56 Å². The number of thioether (sulfide) groups is 1. The first-order valence-corrected chi connectivity index (χ1v) is 8.82. The number of hydrogen-bond donors (Lipinski definition) is 1. The van der Waals surface area contributed by atoms with Gasteiger partial charge in [0.15, 0.2) is 5.58 Å². The molecule has 0 saturated carbocycles. The van der Waals surface area contributed by atoms with Crippen molar-refractivity contribution in [3.05, 3.63) is 52.0 Å². The van der Waals surface area contributed by atoms with Gasteiger partial charge in [0.2, 0.25) is 5.91 Å². The summed E-state index contributed by atoms with van der Waals surface area (Å²) in [4.78, 5) is 16.2. The molecule has 1 N–H and O–H groups in total. The highest BCUT2D eigenvalue weighted by atomic mass is 35.5. The van der Waals surface area contributed by atoms with Gasteiger partial charge in [-0.2, -0.15) is 13.2 Å². The number of nitrogens with zero attached hydrogens (tertiary/aromatic N) is 1. The molecule has 0 saturated heterocycles. The third-order valence-corrected chi connectivity index (χ3v) is 4.52. The number of oxazole rings is 1. The summed E-state index contributed by atoms with van der Waals surface area (Å²) in [5, 5.41) is 2.86. The summed E-state index contributed by atoms with van der Waals surface area (Å²) in [5.41, 5.74) is -0.358. The van der Waals surface area contributed by atoms with E-state index in [1.54, 1.807) is 18.2 Å². The van der Waals surface area contributed by atoms with E-state index in [-0.39, 0.29) is 21.7 Å². The second-order valence-corrected chi connectivity index (χ2v) is 6.92. The predicted octanol–water partition coefficient (Wildman–Crippen LogP) is 5.88. The maximum atomic E-state index is 13.0. The van der Waals surface area contributed by atoms with E-state index in [2.05, 4.69) is 10.3 Å². The molecule has 1 amide bonds. The third kappa shape index (κ3) is 4.44. The first-order chi connectivity index (χ1) is 12.2. The van der Waals surface area contributed by atoms with E-state index in [0.717, 1.165) is 23.9 Å². The van der Waals surface area contributed by atoms with Crippen molar-refractivity contribution in [1.82, 2.24) is 4.98 Å². The van der Waals surface area contributed by atoms with Crippen molar-refractivity contribution in [2.45, 2.75) is 11.4 Å². The van der Waals surface area contributed by atoms with Crippen molar-refractivity contribution in [2.24, 2.45) is 0 Å². The van der Waals surface area contributed by atoms with Crippen molar-refractivity contribution in [2.75, 3.05) is 11.1 Å². The summed E-state index contributed by atoms with van der Waals surface area (Å²) in [6.07, 6.45) is -4.64. The lowest BCUT2D eigenvalue weighted by Crippen LogP contribution is -2.18. The van der Waals surface area contributed by atoms with Crippen LogP contribution in [-0.4, -0.2) is 16.6 Å². The third-order valence-electron chi connectivity index (χ3n) is 3.22. The maximum Gasteiger partial charge on any atom is 0.418 e. The minimum atomic E-state index is -4.64. The highest BCUT2D eigenvalue weighted by molar-refractivity contribution is 7.99. The first-order valence-electron chi connectivity index (χ1n) is 7.08. The lowest BCUT2D eigenvalue weighted by molar-refractivity contribution is -0.137. The molecule has 0 radical (unpaired) electrons. The van der Waals surface area contributed by atoms with Crippen LogP contribution in [0.15, 0.2) is 46.0 Å². The number of carbonyl (C=O) groups excluding carboxylic acids is 1. The van der Waals surface area contributed by atoms with Gasteiger partial charge < -0.3 is 9.73 Å². The first kappa shape index (κ1) is 18.9. The van der Waals surface area contributed by atoms with E-state index >= 15 is 0 Å². The molecule has 4 nitrogen and oxygen atoms in total. The van der Waals surface area contributed by atoms with Gasteiger partial charge in [0.1, 0.15) is 5.52 Å². The molecule has 136 valence electrons. The van der Waals surface area contributed by atoms with E-state index in [9.17, 15) is 18.0 Å². The van der Waals surface area contributed by atoms with Gasteiger partial charge >= 0.3 is 6.18 Å². The zero-order valence-corrected chi connectivity index (χ0v) is 15.1. The molecule has 3 rings (SSSR count). The van der Waals surface area contributed by atoms with Crippen LogP contribution < -0.4 is 5.32 Å². The number of benzene rings is 2. The Morgan fingerprint density at radius 1 is 1.15 bits per heavy atom. The molecule has 0 bridgehead atoms. The van der Waals surface area contributed by atoms with E-state index in [1.807, 2.05) is 0 Å². The number of rotatable bonds is 4. The molecule has 3 aromatic rings. The summed E-state index contributed by atoms with van der Waals surface area (Å²) in [6, 6.07) is 8.01. The van der Waals surface area contributed by atoms with Gasteiger partial charge in [-0.1, -0.05) is 35.0 Å². The van der Waals surface area contributed by atoms with Crippen molar-refractivity contribution in [1.29, 1.82) is 0 Å². The Hall–Kier alpha value is -1.90. The molecular weight excluding hydrogens is 412 g/mol. The Morgan fingerprint density at radius 2 is 1.85 bits per heavy atom. The Kier molecular flexibility index (Phi) is 5.36. The van der Waals surface area contributed by atoms with Gasteiger partial charge in [-0.05, 0) is 36.4 Å². The minimum Gasteiger partial charge on any atom is -0.431 e. The Labute approximate surface area is 159 Å². The summed E-state index contributed by atoms with van der Waals surface area (Å²) >= 11 is 12.4. The fourth-order valence-electron chi connectivity index (χ4n) is 2.11. The number of fused-ring (bicyclic) bond motifs is 1. The van der Waals surface area contributed by atoms with Crippen LogP contribution in [0.2, 0.25) is 10.0 Å². The topological polar surface area (TPSA) is 55.1 Å². The number of alkyl halides is 3. The molecule has 0 aliphatic rings. The second kappa shape index (κ2) is 7.38. The van der Waals surface area contributed by atoms with Gasteiger partial charge in [0.05, 0.1) is 17.0 Å². The van der Waals surface area contributed by atoms with Crippen LogP contribution in [0.4, 0.5) is 18.9 Å². The van der Waals surface area contributed by atoms with Crippen molar-refractivity contribution >= 4 is 57.7 Å². The average molecular weight is 421 g/mol. The standard InChI is InChI=1S/C16H9Cl2F3N2O2S/c17-8-1-3-11(10(5-8)16(19,20)21)22-14(24)7-26-15-23-12-6-9(18)2-4-13(12)25-15/h1-6H,7H2,(H,22,24). The molecule has 26 heavy (non-hydrogen) atoms. The summed E-state index contributed by atoms with van der Waals surface area (Å²) < 4.78 is 44.5. The quantitative estimate of drug-likeness (QED) is 0.535. The molecule has 1 aromatic heterocycles. The van der Waals surface area contributed by atoms with Crippen molar-refractivity contribution in [3.63, 3.8) is 0 Å². The van der Waals surface area contributed by atoms with Crippen molar-refractivity contribution in [3.8, 4) is 0 Å². The van der Waals surface area contributed by atoms with E-state index in [1.165, 1.54) is 6.07 Å². The van der Waals surface area contributed by atoms with Crippen LogP contribution >= 0.6 is 35.0 Å². The van der Waals surface area contributed by atoms with Crippen LogP contribution in [0.5, 0.6) is 0 Å². The van der Waals surface area contributed by atoms with Gasteiger partial charge in [-0.3, -0.25) is 4.79 Å². The van der Waals surface area contributed by atoms with Gasteiger partial charge in [-0.25, -0.2) is 4.98 Å². The average Bonchev–Trinajstić information content (AvgIpc) is 2.95. The molecular formula is C16H9Cl2F3N2O2S. The zero-order valence-electron chi connectivity index (χ0n) is 12.7. The highest BCUT2D eigenvalue weighted by Gasteiger charge is 2.34. The molecule has 0 unspecified atom stereocenters. The molecule has 0 aliphatic carbocycles. The van der Waals surface area contributed by atoms with Gasteiger partial charge in [0, 0.05) is 10.0 Å². The maximum absolute atomic E-state index is 13.0. The Morgan fingerprint density at radius 3 is 2.58 bits per heavy atom.